The van der Waals surface area contributed by atoms with Crippen molar-refractivity contribution in [3.05, 3.63) is 28.8 Å². The highest BCUT2D eigenvalue weighted by molar-refractivity contribution is 6.32. The zero-order valence-corrected chi connectivity index (χ0v) is 13.7. The second-order valence-corrected chi connectivity index (χ2v) is 7.09. The first-order valence-electron chi connectivity index (χ1n) is 8.38. The van der Waals surface area contributed by atoms with E-state index in [0.29, 0.717) is 0 Å². The molecule has 3 unspecified atom stereocenters. The van der Waals surface area contributed by atoms with Crippen molar-refractivity contribution in [2.24, 2.45) is 17.8 Å². The van der Waals surface area contributed by atoms with Gasteiger partial charge in [0.05, 0.1) is 11.6 Å². The first kappa shape index (κ1) is 15.2. The van der Waals surface area contributed by atoms with Crippen LogP contribution in [0, 0.1) is 17.8 Å². The molecule has 2 nitrogen and oxygen atoms in total. The second kappa shape index (κ2) is 7.02. The van der Waals surface area contributed by atoms with Gasteiger partial charge in [-0.2, -0.15) is 0 Å². The fourth-order valence-corrected chi connectivity index (χ4v) is 4.22. The molecule has 116 valence electrons. The Bertz CT molecular complexity index is 476. The fraction of sp³-hybridized carbons (Fsp3) is 0.667. The van der Waals surface area contributed by atoms with Gasteiger partial charge in [0.2, 0.25) is 0 Å². The maximum atomic E-state index is 6.35. The van der Waals surface area contributed by atoms with E-state index in [4.69, 9.17) is 16.3 Å². The van der Waals surface area contributed by atoms with Crippen LogP contribution in [0.3, 0.4) is 0 Å². The predicted molar refractivity (Wildman–Crippen MR) is 87.9 cm³/mol. The topological polar surface area (TPSA) is 21.3 Å². The molecule has 0 amide bonds. The Morgan fingerprint density at radius 1 is 1.29 bits per heavy atom. The lowest BCUT2D eigenvalue weighted by atomic mass is 9.89. The molecule has 1 N–H and O–H groups in total. The Kier molecular flexibility index (Phi) is 5.07. The summed E-state index contributed by atoms with van der Waals surface area (Å²) in [5.74, 6) is 3.49. The molecule has 0 aromatic heterocycles. The molecule has 0 heterocycles. The molecule has 0 aliphatic heterocycles. The van der Waals surface area contributed by atoms with Crippen molar-refractivity contribution in [2.75, 3.05) is 13.2 Å². The van der Waals surface area contributed by atoms with E-state index in [2.05, 4.69) is 18.3 Å². The maximum absolute atomic E-state index is 6.35. The Hall–Kier alpha value is -0.730. The minimum atomic E-state index is 0.744. The minimum absolute atomic E-state index is 0.744. The largest absolute Gasteiger partial charge is 0.492 e. The van der Waals surface area contributed by atoms with Crippen molar-refractivity contribution in [3.63, 3.8) is 0 Å². The van der Waals surface area contributed by atoms with Gasteiger partial charge < -0.3 is 10.1 Å². The van der Waals surface area contributed by atoms with Gasteiger partial charge in [0.1, 0.15) is 5.75 Å². The maximum Gasteiger partial charge on any atom is 0.137 e. The van der Waals surface area contributed by atoms with Crippen molar-refractivity contribution < 1.29 is 4.74 Å². The number of halogens is 1. The average molecular weight is 308 g/mol. The SMILES string of the molecule is CCCNCc1ccc(OCC2CC3CCC2C3)c(Cl)c1. The van der Waals surface area contributed by atoms with Crippen LogP contribution in [-0.2, 0) is 6.54 Å². The highest BCUT2D eigenvalue weighted by atomic mass is 35.5. The lowest BCUT2D eigenvalue weighted by Gasteiger charge is -2.22. The van der Waals surface area contributed by atoms with Crippen LogP contribution in [0.15, 0.2) is 18.2 Å². The van der Waals surface area contributed by atoms with E-state index in [0.717, 1.165) is 54.6 Å². The first-order chi connectivity index (χ1) is 10.3. The highest BCUT2D eigenvalue weighted by Gasteiger charge is 2.39. The van der Waals surface area contributed by atoms with Gasteiger partial charge in [0.15, 0.2) is 0 Å². The lowest BCUT2D eigenvalue weighted by molar-refractivity contribution is 0.195. The molecule has 0 saturated heterocycles. The van der Waals surface area contributed by atoms with Gasteiger partial charge >= 0.3 is 0 Å². The van der Waals surface area contributed by atoms with Crippen LogP contribution in [0.1, 0.15) is 44.6 Å². The number of hydrogen-bond donors (Lipinski definition) is 1. The summed E-state index contributed by atoms with van der Waals surface area (Å²) < 4.78 is 6.00. The van der Waals surface area contributed by atoms with Gasteiger partial charge in [0, 0.05) is 6.54 Å². The number of benzene rings is 1. The molecule has 0 radical (unpaired) electrons. The van der Waals surface area contributed by atoms with Crippen molar-refractivity contribution in [1.29, 1.82) is 0 Å². The van der Waals surface area contributed by atoms with E-state index in [1.807, 2.05) is 12.1 Å². The summed E-state index contributed by atoms with van der Waals surface area (Å²) in [6.07, 6.45) is 6.80. The molecule has 2 bridgehead atoms. The number of nitrogens with one attached hydrogen (secondary N) is 1. The zero-order chi connectivity index (χ0) is 14.7. The average Bonchev–Trinajstić information content (AvgIpc) is 3.09. The summed E-state index contributed by atoms with van der Waals surface area (Å²) in [6, 6.07) is 6.17. The summed E-state index contributed by atoms with van der Waals surface area (Å²) >= 11 is 6.35. The van der Waals surface area contributed by atoms with Gasteiger partial charge in [0.25, 0.3) is 0 Å². The normalized spacial score (nSPS) is 27.2. The molecule has 3 rings (SSSR count). The smallest absolute Gasteiger partial charge is 0.137 e. The quantitative estimate of drug-likeness (QED) is 0.740. The van der Waals surface area contributed by atoms with E-state index in [1.165, 1.54) is 31.2 Å². The van der Waals surface area contributed by atoms with E-state index < -0.39 is 0 Å². The molecular formula is C18H26ClNO. The molecule has 1 aromatic carbocycles. The van der Waals surface area contributed by atoms with Crippen LogP contribution >= 0.6 is 11.6 Å². The summed E-state index contributed by atoms with van der Waals surface area (Å²) in [7, 11) is 0. The van der Waals surface area contributed by atoms with Crippen LogP contribution in [-0.4, -0.2) is 13.2 Å². The van der Waals surface area contributed by atoms with Gasteiger partial charge in [-0.15, -0.1) is 0 Å². The summed E-state index contributed by atoms with van der Waals surface area (Å²) in [4.78, 5) is 0. The molecule has 0 spiro atoms. The molecule has 2 aliphatic rings. The van der Waals surface area contributed by atoms with Gasteiger partial charge in [-0.1, -0.05) is 31.0 Å². The van der Waals surface area contributed by atoms with Crippen LogP contribution in [0.2, 0.25) is 5.02 Å². The number of fused-ring (bicyclic) bond motifs is 2. The third-order valence-electron chi connectivity index (χ3n) is 5.09. The Labute approximate surface area is 133 Å². The van der Waals surface area contributed by atoms with Crippen LogP contribution in [0.25, 0.3) is 0 Å². The zero-order valence-electron chi connectivity index (χ0n) is 12.9. The molecule has 2 aliphatic carbocycles. The summed E-state index contributed by atoms with van der Waals surface area (Å²) in [5.41, 5.74) is 1.22. The minimum Gasteiger partial charge on any atom is -0.492 e. The van der Waals surface area contributed by atoms with Gasteiger partial charge in [-0.25, -0.2) is 0 Å². The third-order valence-corrected chi connectivity index (χ3v) is 5.39. The van der Waals surface area contributed by atoms with Crippen molar-refractivity contribution in [3.8, 4) is 5.75 Å². The Morgan fingerprint density at radius 3 is 2.86 bits per heavy atom. The Balaban J connectivity index is 1.51. The highest BCUT2D eigenvalue weighted by Crippen LogP contribution is 2.48. The molecule has 3 atom stereocenters. The van der Waals surface area contributed by atoms with E-state index in [9.17, 15) is 0 Å². The van der Waals surface area contributed by atoms with Crippen molar-refractivity contribution in [1.82, 2.24) is 5.32 Å². The van der Waals surface area contributed by atoms with Crippen molar-refractivity contribution in [2.45, 2.75) is 45.6 Å². The third kappa shape index (κ3) is 3.73. The van der Waals surface area contributed by atoms with Crippen LogP contribution in [0.5, 0.6) is 5.75 Å². The van der Waals surface area contributed by atoms with Crippen LogP contribution < -0.4 is 10.1 Å². The van der Waals surface area contributed by atoms with Gasteiger partial charge in [-0.3, -0.25) is 0 Å². The van der Waals surface area contributed by atoms with E-state index in [-0.39, 0.29) is 0 Å². The second-order valence-electron chi connectivity index (χ2n) is 6.69. The lowest BCUT2D eigenvalue weighted by Crippen LogP contribution is -2.18. The molecule has 2 saturated carbocycles. The monoisotopic (exact) mass is 307 g/mol. The van der Waals surface area contributed by atoms with Gasteiger partial charge in [-0.05, 0) is 67.7 Å². The van der Waals surface area contributed by atoms with Crippen molar-refractivity contribution >= 4 is 11.6 Å². The molecule has 1 aromatic rings. The molecular weight excluding hydrogens is 282 g/mol. The van der Waals surface area contributed by atoms with Crippen LogP contribution in [0.4, 0.5) is 0 Å². The number of hydrogen-bond acceptors (Lipinski definition) is 2. The molecule has 21 heavy (non-hydrogen) atoms. The summed E-state index contributed by atoms with van der Waals surface area (Å²) in [5, 5.41) is 4.14. The molecule has 2 fully saturated rings. The van der Waals surface area contributed by atoms with E-state index in [1.54, 1.807) is 0 Å². The fourth-order valence-electron chi connectivity index (χ4n) is 3.96. The Morgan fingerprint density at radius 2 is 2.19 bits per heavy atom. The summed E-state index contributed by atoms with van der Waals surface area (Å²) in [6.45, 7) is 4.93. The number of rotatable bonds is 7. The number of ether oxygens (including phenoxy) is 1. The predicted octanol–water partition coefficient (Wildman–Crippen LogP) is 4.65. The standard InChI is InChI=1S/C18H26ClNO/c1-2-7-20-11-14-4-6-18(17(19)10-14)21-12-16-9-13-3-5-15(16)8-13/h4,6,10,13,15-16,20H,2-3,5,7-9,11-12H2,1H3. The molecule has 3 heteroatoms. The first-order valence-corrected chi connectivity index (χ1v) is 8.76. The van der Waals surface area contributed by atoms with E-state index >= 15 is 0 Å².